The van der Waals surface area contributed by atoms with Gasteiger partial charge in [0.15, 0.2) is 5.69 Å². The van der Waals surface area contributed by atoms with Gasteiger partial charge in [-0.3, -0.25) is 0 Å². The smallest absolute Gasteiger partial charge is 0.434 e. The molecule has 3 amide bonds. The number of carbonyl (C=O) groups excluding carboxylic acids is 1. The van der Waals surface area contributed by atoms with Gasteiger partial charge < -0.3 is 10.4 Å². The summed E-state index contributed by atoms with van der Waals surface area (Å²) >= 11 is 0.526. The van der Waals surface area contributed by atoms with Crippen molar-refractivity contribution in [1.82, 2.24) is 15.2 Å². The molecule has 0 aliphatic carbocycles. The van der Waals surface area contributed by atoms with Gasteiger partial charge in [-0.25, -0.2) is 19.5 Å². The molecule has 1 aromatic rings. The molecule has 2 heterocycles. The molecule has 22 heavy (non-hydrogen) atoms. The van der Waals surface area contributed by atoms with Crippen LogP contribution in [0.5, 0.6) is 0 Å². The first-order valence-electron chi connectivity index (χ1n) is 5.63. The highest BCUT2D eigenvalue weighted by Gasteiger charge is 2.46. The van der Waals surface area contributed by atoms with Gasteiger partial charge in [0.1, 0.15) is 6.04 Å². The largest absolute Gasteiger partial charge is 0.465 e. The number of allylic oxidation sites excluding steroid dienone is 1. The Labute approximate surface area is 125 Å². The quantitative estimate of drug-likeness (QED) is 0.822. The summed E-state index contributed by atoms with van der Waals surface area (Å²) in [6.45, 7) is 1.30. The predicted molar refractivity (Wildman–Crippen MR) is 66.6 cm³/mol. The zero-order valence-electron chi connectivity index (χ0n) is 10.8. The number of amides is 3. The number of nitrogens with zero attached hydrogens (tertiary/aromatic N) is 3. The molecule has 0 radical (unpaired) electrons. The van der Waals surface area contributed by atoms with E-state index in [0.29, 0.717) is 11.3 Å². The molecular weight excluding hydrogens is 325 g/mol. The van der Waals surface area contributed by atoms with Crippen molar-refractivity contribution >= 4 is 23.5 Å². The van der Waals surface area contributed by atoms with Crippen molar-refractivity contribution in [2.75, 3.05) is 0 Å². The molecule has 1 unspecified atom stereocenters. The number of hydrogen-bond donors (Lipinski definition) is 2. The van der Waals surface area contributed by atoms with Gasteiger partial charge in [-0.2, -0.15) is 18.4 Å². The Morgan fingerprint density at radius 3 is 2.73 bits per heavy atom. The number of carboxylic acid groups (broad SMARTS) is 1. The molecule has 116 valence electrons. The lowest BCUT2D eigenvalue weighted by molar-refractivity contribution is -0.141. The van der Waals surface area contributed by atoms with Crippen LogP contribution in [0.15, 0.2) is 16.8 Å². The number of alkyl halides is 3. The Morgan fingerprint density at radius 2 is 2.23 bits per heavy atom. The minimum Gasteiger partial charge on any atom is -0.465 e. The van der Waals surface area contributed by atoms with Crippen LogP contribution in [0.2, 0.25) is 0 Å². The maximum atomic E-state index is 13.0. The van der Waals surface area contributed by atoms with E-state index in [1.807, 2.05) is 0 Å². The Bertz CT molecular complexity index is 719. The fraction of sp³-hybridized carbons (Fsp3) is 0.273. The number of urea groups is 1. The maximum absolute atomic E-state index is 13.0. The Hall–Kier alpha value is -2.61. The van der Waals surface area contributed by atoms with E-state index in [1.165, 1.54) is 6.92 Å². The minimum absolute atomic E-state index is 0.00322. The molecule has 0 bridgehead atoms. The third-order valence-electron chi connectivity index (χ3n) is 2.89. The molecule has 2 rings (SSSR count). The number of nitriles is 1. The van der Waals surface area contributed by atoms with E-state index in [1.54, 1.807) is 6.07 Å². The summed E-state index contributed by atoms with van der Waals surface area (Å²) < 4.78 is 38.9. The Kier molecular flexibility index (Phi) is 3.80. The number of halogens is 3. The van der Waals surface area contributed by atoms with Crippen LogP contribution in [0, 0.1) is 11.3 Å². The zero-order chi connectivity index (χ0) is 16.7. The molecule has 7 nitrogen and oxygen atoms in total. The van der Waals surface area contributed by atoms with Crippen molar-refractivity contribution in [1.29, 1.82) is 5.26 Å². The third kappa shape index (κ3) is 2.48. The van der Waals surface area contributed by atoms with Crippen LogP contribution in [-0.2, 0) is 6.18 Å². The summed E-state index contributed by atoms with van der Waals surface area (Å²) in [7, 11) is 0. The van der Waals surface area contributed by atoms with Gasteiger partial charge >= 0.3 is 18.3 Å². The fourth-order valence-electron chi connectivity index (χ4n) is 1.99. The number of rotatable bonds is 1. The van der Waals surface area contributed by atoms with Crippen LogP contribution < -0.4 is 5.32 Å². The monoisotopic (exact) mass is 332 g/mol. The fourth-order valence-corrected chi connectivity index (χ4v) is 2.90. The number of aromatic nitrogens is 1. The van der Waals surface area contributed by atoms with Crippen molar-refractivity contribution in [3.63, 3.8) is 0 Å². The first kappa shape index (κ1) is 15.8. The molecule has 1 aliphatic heterocycles. The van der Waals surface area contributed by atoms with Crippen molar-refractivity contribution < 1.29 is 27.9 Å². The molecule has 0 saturated carbocycles. The number of imide groups is 1. The lowest BCUT2D eigenvalue weighted by Gasteiger charge is -2.32. The van der Waals surface area contributed by atoms with Crippen molar-refractivity contribution in [3.05, 3.63) is 27.4 Å². The highest BCUT2D eigenvalue weighted by Crippen LogP contribution is 2.42. The van der Waals surface area contributed by atoms with Crippen molar-refractivity contribution in [2.45, 2.75) is 19.1 Å². The summed E-state index contributed by atoms with van der Waals surface area (Å²) in [5.74, 6) is 0. The first-order chi connectivity index (χ1) is 10.2. The second-order valence-corrected chi connectivity index (χ2v) is 5.09. The van der Waals surface area contributed by atoms with E-state index in [0.717, 1.165) is 5.51 Å². The molecule has 1 atom stereocenters. The number of nitrogens with one attached hydrogen (secondary N) is 1. The predicted octanol–water partition coefficient (Wildman–Crippen LogP) is 2.70. The van der Waals surface area contributed by atoms with Crippen LogP contribution >= 0.6 is 11.3 Å². The molecule has 1 aliphatic rings. The van der Waals surface area contributed by atoms with Gasteiger partial charge in [-0.05, 0) is 6.92 Å². The summed E-state index contributed by atoms with van der Waals surface area (Å²) in [6.07, 6.45) is -6.61. The topological polar surface area (TPSA) is 106 Å². The van der Waals surface area contributed by atoms with E-state index < -0.39 is 34.9 Å². The molecule has 0 saturated heterocycles. The minimum atomic E-state index is -4.83. The molecule has 2 N–H and O–H groups in total. The normalized spacial score (nSPS) is 19.0. The van der Waals surface area contributed by atoms with Crippen LogP contribution in [0.4, 0.5) is 22.8 Å². The van der Waals surface area contributed by atoms with Gasteiger partial charge in [0, 0.05) is 5.70 Å². The van der Waals surface area contributed by atoms with Gasteiger partial charge in [-0.1, -0.05) is 0 Å². The van der Waals surface area contributed by atoms with E-state index in [-0.39, 0.29) is 16.2 Å². The van der Waals surface area contributed by atoms with E-state index in [9.17, 15) is 22.8 Å². The number of carbonyl (C=O) groups is 2. The van der Waals surface area contributed by atoms with Crippen LogP contribution in [0.25, 0.3) is 0 Å². The Balaban J connectivity index is 2.70. The average molecular weight is 332 g/mol. The molecule has 1 aromatic heterocycles. The number of hydrogen-bond acceptors (Lipinski definition) is 5. The first-order valence-corrected chi connectivity index (χ1v) is 6.51. The van der Waals surface area contributed by atoms with Crippen molar-refractivity contribution in [3.8, 4) is 6.07 Å². The van der Waals surface area contributed by atoms with Gasteiger partial charge in [0.05, 0.1) is 22.0 Å². The van der Waals surface area contributed by atoms with E-state index in [2.05, 4.69) is 10.3 Å². The highest BCUT2D eigenvalue weighted by atomic mass is 32.1. The lowest BCUT2D eigenvalue weighted by atomic mass is 10.00. The average Bonchev–Trinajstić information content (AvgIpc) is 2.85. The van der Waals surface area contributed by atoms with Gasteiger partial charge in [0.25, 0.3) is 0 Å². The molecule has 0 aromatic carbocycles. The third-order valence-corrected chi connectivity index (χ3v) is 3.77. The SMILES string of the molecule is CC1=C(C#N)C(c2scnc2C(F)(F)F)N(C(=O)O)C(=O)N1. The number of thiazole rings is 1. The second kappa shape index (κ2) is 5.30. The van der Waals surface area contributed by atoms with Gasteiger partial charge in [-0.15, -0.1) is 11.3 Å². The summed E-state index contributed by atoms with van der Waals surface area (Å²) in [6, 6.07) is -1.16. The van der Waals surface area contributed by atoms with Crippen LogP contribution in [0.3, 0.4) is 0 Å². The van der Waals surface area contributed by atoms with Crippen molar-refractivity contribution in [2.24, 2.45) is 0 Å². The summed E-state index contributed by atoms with van der Waals surface area (Å²) in [4.78, 5) is 25.8. The Morgan fingerprint density at radius 1 is 1.59 bits per heavy atom. The van der Waals surface area contributed by atoms with Crippen LogP contribution in [0.1, 0.15) is 23.5 Å². The second-order valence-electron chi connectivity index (χ2n) is 4.20. The molecule has 0 fully saturated rings. The molecule has 11 heteroatoms. The lowest BCUT2D eigenvalue weighted by Crippen LogP contribution is -2.49. The van der Waals surface area contributed by atoms with Gasteiger partial charge in [0.2, 0.25) is 0 Å². The molecule has 0 spiro atoms. The standard InChI is InChI=1S/C11H7F3N4O3S/c1-4-5(2-15)6(18(10(20)21)9(19)17-4)7-8(11(12,13)14)16-3-22-7/h3,6H,1H3,(H,17,19)(H,20,21). The highest BCUT2D eigenvalue weighted by molar-refractivity contribution is 7.09. The zero-order valence-corrected chi connectivity index (χ0v) is 11.6. The summed E-state index contributed by atoms with van der Waals surface area (Å²) in [5, 5.41) is 20.4. The molecular formula is C11H7F3N4O3S. The van der Waals surface area contributed by atoms with E-state index >= 15 is 0 Å². The van der Waals surface area contributed by atoms with E-state index in [4.69, 9.17) is 10.4 Å². The summed E-state index contributed by atoms with van der Waals surface area (Å²) in [5.41, 5.74) is -0.730. The van der Waals surface area contributed by atoms with Crippen LogP contribution in [-0.4, -0.2) is 27.1 Å². The maximum Gasteiger partial charge on any atom is 0.434 e.